The van der Waals surface area contributed by atoms with Crippen molar-refractivity contribution < 1.29 is 9.59 Å². The van der Waals surface area contributed by atoms with E-state index in [2.05, 4.69) is 0 Å². The Balaban J connectivity index is 2.25. The predicted molar refractivity (Wildman–Crippen MR) is 78.7 cm³/mol. The number of carbonyl (C=O) groups excluding carboxylic acids is 2. The summed E-state index contributed by atoms with van der Waals surface area (Å²) in [5.74, 6) is -0.989. The van der Waals surface area contributed by atoms with Crippen LogP contribution in [0.15, 0.2) is 12.1 Å². The van der Waals surface area contributed by atoms with Gasteiger partial charge in [-0.05, 0) is 25.0 Å². The molecular formula is C13H15Cl2N3O2. The van der Waals surface area contributed by atoms with E-state index in [1.807, 2.05) is 0 Å². The molecule has 108 valence electrons. The third-order valence-electron chi connectivity index (χ3n) is 3.39. The van der Waals surface area contributed by atoms with E-state index in [1.165, 1.54) is 12.1 Å². The first kappa shape index (κ1) is 14.9. The summed E-state index contributed by atoms with van der Waals surface area (Å²) in [6, 6.07) is 2.98. The topological polar surface area (TPSA) is 89.4 Å². The van der Waals surface area contributed by atoms with Crippen molar-refractivity contribution in [3.63, 3.8) is 0 Å². The van der Waals surface area contributed by atoms with Crippen molar-refractivity contribution in [3.05, 3.63) is 27.7 Å². The number of primary amides is 1. The summed E-state index contributed by atoms with van der Waals surface area (Å²) in [4.78, 5) is 25.3. The summed E-state index contributed by atoms with van der Waals surface area (Å²) in [5.41, 5.74) is 11.6. The van der Waals surface area contributed by atoms with E-state index in [4.69, 9.17) is 34.7 Å². The molecule has 1 aliphatic heterocycles. The Morgan fingerprint density at radius 1 is 1.30 bits per heavy atom. The van der Waals surface area contributed by atoms with Gasteiger partial charge in [0.25, 0.3) is 5.91 Å². The lowest BCUT2D eigenvalue weighted by atomic mass is 9.97. The van der Waals surface area contributed by atoms with E-state index in [-0.39, 0.29) is 33.3 Å². The monoisotopic (exact) mass is 315 g/mol. The molecule has 2 amide bonds. The fraction of sp³-hybridized carbons (Fsp3) is 0.385. The molecule has 1 aromatic rings. The molecule has 0 aromatic heterocycles. The number of piperidine rings is 1. The van der Waals surface area contributed by atoms with Gasteiger partial charge in [-0.25, -0.2) is 0 Å². The standard InChI is InChI=1S/C13H15Cl2N3O2/c14-10-5-8(16)4-9(11(10)15)13(20)18-3-1-2-7(6-18)12(17)19/h4-5,7H,1-3,6,16H2,(H2,17,19). The largest absolute Gasteiger partial charge is 0.399 e. The van der Waals surface area contributed by atoms with E-state index in [0.717, 1.165) is 6.42 Å². The Morgan fingerprint density at radius 2 is 2.00 bits per heavy atom. The number of anilines is 1. The number of carbonyl (C=O) groups is 2. The molecule has 5 nitrogen and oxygen atoms in total. The van der Waals surface area contributed by atoms with Gasteiger partial charge in [-0.3, -0.25) is 9.59 Å². The molecule has 0 bridgehead atoms. The number of hydrogen-bond donors (Lipinski definition) is 2. The molecule has 0 aliphatic carbocycles. The van der Waals surface area contributed by atoms with Crippen LogP contribution in [-0.4, -0.2) is 29.8 Å². The Morgan fingerprint density at radius 3 is 2.65 bits per heavy atom. The highest BCUT2D eigenvalue weighted by atomic mass is 35.5. The van der Waals surface area contributed by atoms with Crippen LogP contribution in [0.2, 0.25) is 10.0 Å². The van der Waals surface area contributed by atoms with E-state index in [0.29, 0.717) is 25.2 Å². The number of nitrogens with two attached hydrogens (primary N) is 2. The molecule has 7 heteroatoms. The van der Waals surface area contributed by atoms with Gasteiger partial charge in [0.15, 0.2) is 0 Å². The molecule has 0 saturated carbocycles. The normalized spacial score (nSPS) is 18.9. The molecular weight excluding hydrogens is 301 g/mol. The molecule has 1 saturated heterocycles. The zero-order valence-electron chi connectivity index (χ0n) is 10.7. The van der Waals surface area contributed by atoms with Crippen LogP contribution in [0.25, 0.3) is 0 Å². The van der Waals surface area contributed by atoms with Crippen LogP contribution in [0.1, 0.15) is 23.2 Å². The van der Waals surface area contributed by atoms with E-state index < -0.39 is 0 Å². The van der Waals surface area contributed by atoms with Gasteiger partial charge in [-0.2, -0.15) is 0 Å². The molecule has 1 fully saturated rings. The second-order valence-corrected chi connectivity index (χ2v) is 5.64. The van der Waals surface area contributed by atoms with E-state index in [1.54, 1.807) is 4.90 Å². The third-order valence-corrected chi connectivity index (χ3v) is 4.19. The fourth-order valence-corrected chi connectivity index (χ4v) is 2.75. The smallest absolute Gasteiger partial charge is 0.255 e. The minimum absolute atomic E-state index is 0.173. The maximum Gasteiger partial charge on any atom is 0.255 e. The maximum atomic E-state index is 12.5. The Hall–Kier alpha value is -1.46. The van der Waals surface area contributed by atoms with E-state index in [9.17, 15) is 9.59 Å². The molecule has 20 heavy (non-hydrogen) atoms. The molecule has 1 aliphatic rings. The van der Waals surface area contributed by atoms with Crippen molar-refractivity contribution in [2.24, 2.45) is 11.7 Å². The van der Waals surface area contributed by atoms with Gasteiger partial charge in [-0.15, -0.1) is 0 Å². The summed E-state index contributed by atoms with van der Waals surface area (Å²) in [6.45, 7) is 0.863. The second kappa shape index (κ2) is 5.89. The van der Waals surface area contributed by atoms with Gasteiger partial charge in [0.1, 0.15) is 0 Å². The highest BCUT2D eigenvalue weighted by molar-refractivity contribution is 6.44. The van der Waals surface area contributed by atoms with Crippen LogP contribution in [0.3, 0.4) is 0 Å². The summed E-state index contributed by atoms with van der Waals surface area (Å²) in [6.07, 6.45) is 1.43. The van der Waals surface area contributed by atoms with Crippen molar-refractivity contribution in [1.29, 1.82) is 0 Å². The molecule has 0 spiro atoms. The average molecular weight is 316 g/mol. The maximum absolute atomic E-state index is 12.5. The highest BCUT2D eigenvalue weighted by Gasteiger charge is 2.28. The molecule has 0 radical (unpaired) electrons. The van der Waals surface area contributed by atoms with Crippen molar-refractivity contribution in [1.82, 2.24) is 4.90 Å². The van der Waals surface area contributed by atoms with Crippen molar-refractivity contribution >= 4 is 40.7 Å². The molecule has 1 atom stereocenters. The number of hydrogen-bond acceptors (Lipinski definition) is 3. The minimum atomic E-state index is -0.390. The number of amides is 2. The van der Waals surface area contributed by atoms with Crippen LogP contribution in [0.4, 0.5) is 5.69 Å². The minimum Gasteiger partial charge on any atom is -0.399 e. The molecule has 1 unspecified atom stereocenters. The summed E-state index contributed by atoms with van der Waals surface area (Å²) < 4.78 is 0. The van der Waals surface area contributed by atoms with Crippen molar-refractivity contribution in [2.75, 3.05) is 18.8 Å². The summed E-state index contributed by atoms with van der Waals surface area (Å²) in [7, 11) is 0. The number of rotatable bonds is 2. The quantitative estimate of drug-likeness (QED) is 0.817. The Labute approximate surface area is 126 Å². The molecule has 1 aromatic carbocycles. The first-order chi connectivity index (χ1) is 9.40. The lowest BCUT2D eigenvalue weighted by Crippen LogP contribution is -2.44. The number of nitrogen functional groups attached to an aromatic ring is 1. The van der Waals surface area contributed by atoms with Crippen LogP contribution in [-0.2, 0) is 4.79 Å². The number of nitrogens with zero attached hydrogens (tertiary/aromatic N) is 1. The van der Waals surface area contributed by atoms with Crippen LogP contribution >= 0.6 is 23.2 Å². The fourth-order valence-electron chi connectivity index (χ4n) is 2.33. The van der Waals surface area contributed by atoms with Crippen molar-refractivity contribution in [3.8, 4) is 0 Å². The first-order valence-corrected chi connectivity index (χ1v) is 6.99. The number of likely N-dealkylation sites (tertiary alicyclic amines) is 1. The molecule has 1 heterocycles. The summed E-state index contributed by atoms with van der Waals surface area (Å²) >= 11 is 12.0. The van der Waals surface area contributed by atoms with Gasteiger partial charge in [-0.1, -0.05) is 23.2 Å². The average Bonchev–Trinajstić information content (AvgIpc) is 2.42. The lowest BCUT2D eigenvalue weighted by molar-refractivity contribution is -0.123. The predicted octanol–water partition coefficient (Wildman–Crippen LogP) is 1.91. The highest BCUT2D eigenvalue weighted by Crippen LogP contribution is 2.30. The van der Waals surface area contributed by atoms with Crippen LogP contribution < -0.4 is 11.5 Å². The van der Waals surface area contributed by atoms with Crippen molar-refractivity contribution in [2.45, 2.75) is 12.8 Å². The summed E-state index contributed by atoms with van der Waals surface area (Å²) in [5, 5.41) is 0.408. The van der Waals surface area contributed by atoms with Gasteiger partial charge in [0.2, 0.25) is 5.91 Å². The zero-order chi connectivity index (χ0) is 14.9. The SMILES string of the molecule is NC(=O)C1CCCN(C(=O)c2cc(N)cc(Cl)c2Cl)C1. The lowest BCUT2D eigenvalue weighted by Gasteiger charge is -2.31. The van der Waals surface area contributed by atoms with Gasteiger partial charge in [0, 0.05) is 18.8 Å². The Bertz CT molecular complexity index is 563. The molecule has 4 N–H and O–H groups in total. The third kappa shape index (κ3) is 2.99. The number of halogens is 2. The Kier molecular flexibility index (Phi) is 4.40. The van der Waals surface area contributed by atoms with Gasteiger partial charge in [0.05, 0.1) is 21.5 Å². The second-order valence-electron chi connectivity index (χ2n) is 4.86. The van der Waals surface area contributed by atoms with Crippen LogP contribution in [0.5, 0.6) is 0 Å². The van der Waals surface area contributed by atoms with Gasteiger partial charge >= 0.3 is 0 Å². The zero-order valence-corrected chi connectivity index (χ0v) is 12.2. The van der Waals surface area contributed by atoms with E-state index >= 15 is 0 Å². The molecule has 2 rings (SSSR count). The van der Waals surface area contributed by atoms with Crippen LogP contribution in [0, 0.1) is 5.92 Å². The van der Waals surface area contributed by atoms with Gasteiger partial charge < -0.3 is 16.4 Å². The number of benzene rings is 1. The first-order valence-electron chi connectivity index (χ1n) is 6.23.